The Morgan fingerprint density at radius 1 is 1.00 bits per heavy atom. The van der Waals surface area contributed by atoms with E-state index >= 15 is 0 Å². The molecule has 0 aliphatic heterocycles. The number of rotatable bonds is 4. The summed E-state index contributed by atoms with van der Waals surface area (Å²) in [5.41, 5.74) is 0.212. The normalized spacial score (nSPS) is 12.4. The summed E-state index contributed by atoms with van der Waals surface area (Å²) < 4.78 is 40.0. The standard InChI is InChI=1S/C15H12ClF3O/c16-13-2-1-3-15(19)12(13)8-11(20)7-9-6-10(17)4-5-14(9)18/h1-6,11,20H,7-8H2. The highest BCUT2D eigenvalue weighted by atomic mass is 35.5. The van der Waals surface area contributed by atoms with Gasteiger partial charge in [-0.15, -0.1) is 0 Å². The molecule has 0 heterocycles. The van der Waals surface area contributed by atoms with E-state index in [1.807, 2.05) is 0 Å². The third-order valence-electron chi connectivity index (χ3n) is 2.96. The molecule has 1 unspecified atom stereocenters. The lowest BCUT2D eigenvalue weighted by atomic mass is 10.0. The highest BCUT2D eigenvalue weighted by Crippen LogP contribution is 2.22. The minimum atomic E-state index is -1.05. The van der Waals surface area contributed by atoms with E-state index in [1.165, 1.54) is 18.2 Å². The summed E-state index contributed by atoms with van der Waals surface area (Å²) in [7, 11) is 0. The van der Waals surface area contributed by atoms with Crippen molar-refractivity contribution in [2.24, 2.45) is 0 Å². The van der Waals surface area contributed by atoms with E-state index in [-0.39, 0.29) is 29.0 Å². The number of halogens is 4. The van der Waals surface area contributed by atoms with Crippen molar-refractivity contribution in [3.8, 4) is 0 Å². The molecule has 1 atom stereocenters. The summed E-state index contributed by atoms with van der Waals surface area (Å²) in [6.45, 7) is 0. The van der Waals surface area contributed by atoms with Gasteiger partial charge in [0.25, 0.3) is 0 Å². The second kappa shape index (κ2) is 6.29. The molecule has 0 saturated carbocycles. The van der Waals surface area contributed by atoms with Crippen LogP contribution in [-0.2, 0) is 12.8 Å². The summed E-state index contributed by atoms with van der Waals surface area (Å²) in [5.74, 6) is -1.72. The molecule has 0 spiro atoms. The van der Waals surface area contributed by atoms with Gasteiger partial charge in [-0.3, -0.25) is 0 Å². The third kappa shape index (κ3) is 3.52. The van der Waals surface area contributed by atoms with E-state index in [2.05, 4.69) is 0 Å². The zero-order chi connectivity index (χ0) is 14.7. The fraction of sp³-hybridized carbons (Fsp3) is 0.200. The number of benzene rings is 2. The van der Waals surface area contributed by atoms with E-state index < -0.39 is 23.6 Å². The molecule has 20 heavy (non-hydrogen) atoms. The molecule has 1 nitrogen and oxygen atoms in total. The molecular formula is C15H12ClF3O. The molecule has 0 fully saturated rings. The molecule has 0 amide bonds. The smallest absolute Gasteiger partial charge is 0.127 e. The van der Waals surface area contributed by atoms with E-state index in [4.69, 9.17) is 11.6 Å². The van der Waals surface area contributed by atoms with Crippen LogP contribution in [0.2, 0.25) is 5.02 Å². The number of hydrogen-bond acceptors (Lipinski definition) is 1. The van der Waals surface area contributed by atoms with Gasteiger partial charge in [0.2, 0.25) is 0 Å². The van der Waals surface area contributed by atoms with Gasteiger partial charge in [0.05, 0.1) is 6.10 Å². The Bertz CT molecular complexity index is 596. The molecule has 2 aromatic carbocycles. The zero-order valence-electron chi connectivity index (χ0n) is 10.4. The molecule has 0 radical (unpaired) electrons. The van der Waals surface area contributed by atoms with Crippen molar-refractivity contribution in [2.45, 2.75) is 18.9 Å². The molecule has 5 heteroatoms. The van der Waals surface area contributed by atoms with E-state index in [0.29, 0.717) is 0 Å². The lowest BCUT2D eigenvalue weighted by molar-refractivity contribution is 0.173. The average molecular weight is 301 g/mol. The van der Waals surface area contributed by atoms with Crippen LogP contribution in [-0.4, -0.2) is 11.2 Å². The first kappa shape index (κ1) is 14.9. The highest BCUT2D eigenvalue weighted by Gasteiger charge is 2.15. The van der Waals surface area contributed by atoms with Crippen molar-refractivity contribution in [3.05, 3.63) is 70.0 Å². The summed E-state index contributed by atoms with van der Waals surface area (Å²) >= 11 is 5.85. The molecule has 0 aromatic heterocycles. The second-order valence-electron chi connectivity index (χ2n) is 4.50. The lowest BCUT2D eigenvalue weighted by Crippen LogP contribution is -2.16. The van der Waals surface area contributed by atoms with Gasteiger partial charge in [0.15, 0.2) is 0 Å². The number of aliphatic hydroxyl groups is 1. The molecule has 1 N–H and O–H groups in total. The van der Waals surface area contributed by atoms with Crippen LogP contribution in [0.25, 0.3) is 0 Å². The SMILES string of the molecule is OC(Cc1cc(F)ccc1F)Cc1c(F)cccc1Cl. The van der Waals surface area contributed by atoms with Gasteiger partial charge in [-0.1, -0.05) is 17.7 Å². The van der Waals surface area contributed by atoms with Gasteiger partial charge < -0.3 is 5.11 Å². The highest BCUT2D eigenvalue weighted by molar-refractivity contribution is 6.31. The summed E-state index contributed by atoms with van der Waals surface area (Å²) in [6, 6.07) is 7.21. The molecule has 2 aromatic rings. The Labute approximate surface area is 119 Å². The van der Waals surface area contributed by atoms with Crippen LogP contribution >= 0.6 is 11.6 Å². The Kier molecular flexibility index (Phi) is 4.68. The maximum absolute atomic E-state index is 13.6. The van der Waals surface area contributed by atoms with Crippen LogP contribution in [0.15, 0.2) is 36.4 Å². The summed E-state index contributed by atoms with van der Waals surface area (Å²) in [6.07, 6.45) is -1.24. The quantitative estimate of drug-likeness (QED) is 0.908. The maximum Gasteiger partial charge on any atom is 0.127 e. The zero-order valence-corrected chi connectivity index (χ0v) is 11.2. The molecule has 2 rings (SSSR count). The Hall–Kier alpha value is -1.52. The van der Waals surface area contributed by atoms with E-state index in [0.717, 1.165) is 18.2 Å². The molecule has 0 saturated heterocycles. The van der Waals surface area contributed by atoms with Gasteiger partial charge in [-0.25, -0.2) is 13.2 Å². The van der Waals surface area contributed by atoms with Crippen LogP contribution in [0, 0.1) is 17.5 Å². The first-order valence-electron chi connectivity index (χ1n) is 6.02. The molecular weight excluding hydrogens is 289 g/mol. The Balaban J connectivity index is 2.13. The first-order valence-corrected chi connectivity index (χ1v) is 6.40. The van der Waals surface area contributed by atoms with Crippen molar-refractivity contribution in [1.82, 2.24) is 0 Å². The minimum Gasteiger partial charge on any atom is -0.392 e. The lowest BCUT2D eigenvalue weighted by Gasteiger charge is -2.13. The van der Waals surface area contributed by atoms with Crippen molar-refractivity contribution in [1.29, 1.82) is 0 Å². The fourth-order valence-electron chi connectivity index (χ4n) is 1.99. The second-order valence-corrected chi connectivity index (χ2v) is 4.91. The molecule has 0 bridgehead atoms. The topological polar surface area (TPSA) is 20.2 Å². The van der Waals surface area contributed by atoms with Gasteiger partial charge in [-0.2, -0.15) is 0 Å². The van der Waals surface area contributed by atoms with Crippen LogP contribution in [0.1, 0.15) is 11.1 Å². The monoisotopic (exact) mass is 300 g/mol. The van der Waals surface area contributed by atoms with Crippen LogP contribution < -0.4 is 0 Å². The Morgan fingerprint density at radius 3 is 2.45 bits per heavy atom. The van der Waals surface area contributed by atoms with Gasteiger partial charge in [0.1, 0.15) is 17.5 Å². The predicted octanol–water partition coefficient (Wildman–Crippen LogP) is 3.90. The summed E-state index contributed by atoms with van der Waals surface area (Å²) in [5, 5.41) is 10.1. The van der Waals surface area contributed by atoms with Gasteiger partial charge in [-0.05, 0) is 35.9 Å². The minimum absolute atomic E-state index is 0.0463. The first-order chi connectivity index (χ1) is 9.47. The molecule has 0 aliphatic carbocycles. The van der Waals surface area contributed by atoms with Crippen LogP contribution in [0.4, 0.5) is 13.2 Å². The van der Waals surface area contributed by atoms with Crippen molar-refractivity contribution in [2.75, 3.05) is 0 Å². The van der Waals surface area contributed by atoms with Gasteiger partial charge >= 0.3 is 0 Å². The number of hydrogen-bond donors (Lipinski definition) is 1. The molecule has 0 aliphatic rings. The average Bonchev–Trinajstić information content (AvgIpc) is 2.38. The Morgan fingerprint density at radius 2 is 1.75 bits per heavy atom. The number of aliphatic hydroxyl groups excluding tert-OH is 1. The maximum atomic E-state index is 13.6. The van der Waals surface area contributed by atoms with E-state index in [1.54, 1.807) is 0 Å². The van der Waals surface area contributed by atoms with Crippen LogP contribution in [0.3, 0.4) is 0 Å². The summed E-state index contributed by atoms with van der Waals surface area (Å²) in [4.78, 5) is 0. The van der Waals surface area contributed by atoms with Crippen molar-refractivity contribution in [3.63, 3.8) is 0 Å². The van der Waals surface area contributed by atoms with E-state index in [9.17, 15) is 18.3 Å². The molecule has 106 valence electrons. The fourth-order valence-corrected chi connectivity index (χ4v) is 2.23. The van der Waals surface area contributed by atoms with Crippen molar-refractivity contribution < 1.29 is 18.3 Å². The van der Waals surface area contributed by atoms with Crippen LogP contribution in [0.5, 0.6) is 0 Å². The van der Waals surface area contributed by atoms with Gasteiger partial charge in [0, 0.05) is 23.4 Å². The van der Waals surface area contributed by atoms with Crippen molar-refractivity contribution >= 4 is 11.6 Å². The third-order valence-corrected chi connectivity index (χ3v) is 3.32. The predicted molar refractivity (Wildman–Crippen MR) is 71.2 cm³/mol. The largest absolute Gasteiger partial charge is 0.392 e.